The second kappa shape index (κ2) is 4.60. The van der Waals surface area contributed by atoms with Crippen molar-refractivity contribution in [1.29, 1.82) is 0 Å². The first-order valence-electron chi connectivity index (χ1n) is 5.62. The summed E-state index contributed by atoms with van der Waals surface area (Å²) >= 11 is 0. The van der Waals surface area contributed by atoms with E-state index < -0.39 is 5.60 Å². The first-order valence-corrected chi connectivity index (χ1v) is 5.62. The van der Waals surface area contributed by atoms with Gasteiger partial charge in [0.05, 0.1) is 5.60 Å². The summed E-state index contributed by atoms with van der Waals surface area (Å²) in [6, 6.07) is 0.237. The van der Waals surface area contributed by atoms with E-state index in [0.717, 1.165) is 25.8 Å². The van der Waals surface area contributed by atoms with Crippen LogP contribution in [0.5, 0.6) is 0 Å². The molecule has 84 valence electrons. The standard InChI is InChI=1S/C11H24N2O/c1-9(2)7-10-11(14,8-12)5-4-6-13(10)3/h9-10,14H,4-8,12H2,1-3H3. The molecule has 1 aliphatic heterocycles. The molecule has 3 N–H and O–H groups in total. The topological polar surface area (TPSA) is 49.5 Å². The zero-order chi connectivity index (χ0) is 10.8. The van der Waals surface area contributed by atoms with Gasteiger partial charge in [-0.25, -0.2) is 0 Å². The van der Waals surface area contributed by atoms with E-state index in [1.807, 2.05) is 0 Å². The van der Waals surface area contributed by atoms with Gasteiger partial charge in [-0.3, -0.25) is 0 Å². The monoisotopic (exact) mass is 200 g/mol. The molecule has 14 heavy (non-hydrogen) atoms. The summed E-state index contributed by atoms with van der Waals surface area (Å²) in [5.74, 6) is 0.610. The number of likely N-dealkylation sites (N-methyl/N-ethyl adjacent to an activating group) is 1. The van der Waals surface area contributed by atoms with Gasteiger partial charge in [-0.15, -0.1) is 0 Å². The predicted octanol–water partition coefficient (Wildman–Crippen LogP) is 0.817. The lowest BCUT2D eigenvalue weighted by Crippen LogP contribution is -2.59. The molecular formula is C11H24N2O. The SMILES string of the molecule is CC(C)CC1N(C)CCCC1(O)CN. The highest BCUT2D eigenvalue weighted by Gasteiger charge is 2.40. The van der Waals surface area contributed by atoms with Crippen LogP contribution in [0.4, 0.5) is 0 Å². The second-order valence-electron chi connectivity index (χ2n) is 5.04. The molecule has 1 rings (SSSR count). The van der Waals surface area contributed by atoms with Crippen LogP contribution in [0.3, 0.4) is 0 Å². The molecule has 0 aromatic heterocycles. The summed E-state index contributed by atoms with van der Waals surface area (Å²) in [7, 11) is 2.09. The summed E-state index contributed by atoms with van der Waals surface area (Å²) in [6.45, 7) is 5.85. The molecule has 2 atom stereocenters. The zero-order valence-corrected chi connectivity index (χ0v) is 9.66. The third-order valence-electron chi connectivity index (χ3n) is 3.32. The van der Waals surface area contributed by atoms with Crippen molar-refractivity contribution in [3.8, 4) is 0 Å². The van der Waals surface area contributed by atoms with Crippen molar-refractivity contribution in [2.45, 2.75) is 44.8 Å². The minimum atomic E-state index is -0.655. The van der Waals surface area contributed by atoms with Crippen LogP contribution in [-0.4, -0.2) is 41.8 Å². The predicted molar refractivity (Wildman–Crippen MR) is 59.1 cm³/mol. The van der Waals surface area contributed by atoms with Gasteiger partial charge < -0.3 is 15.7 Å². The number of rotatable bonds is 3. The Morgan fingerprint density at radius 2 is 2.21 bits per heavy atom. The fraction of sp³-hybridized carbons (Fsp3) is 1.00. The van der Waals surface area contributed by atoms with Crippen molar-refractivity contribution in [1.82, 2.24) is 4.90 Å². The highest BCUT2D eigenvalue weighted by Crippen LogP contribution is 2.30. The molecule has 0 radical (unpaired) electrons. The number of nitrogens with zero attached hydrogens (tertiary/aromatic N) is 1. The molecule has 0 aromatic carbocycles. The Hall–Kier alpha value is -0.120. The van der Waals surface area contributed by atoms with Crippen molar-refractivity contribution in [2.24, 2.45) is 11.7 Å². The van der Waals surface area contributed by atoms with Gasteiger partial charge in [-0.2, -0.15) is 0 Å². The number of piperidine rings is 1. The summed E-state index contributed by atoms with van der Waals surface area (Å²) in [4.78, 5) is 2.26. The van der Waals surface area contributed by atoms with Gasteiger partial charge in [0.1, 0.15) is 0 Å². The lowest BCUT2D eigenvalue weighted by Gasteiger charge is -2.45. The molecule has 0 spiro atoms. The maximum absolute atomic E-state index is 10.4. The molecule has 0 aromatic rings. The average molecular weight is 200 g/mol. The van der Waals surface area contributed by atoms with Crippen molar-refractivity contribution < 1.29 is 5.11 Å². The van der Waals surface area contributed by atoms with E-state index in [-0.39, 0.29) is 6.04 Å². The largest absolute Gasteiger partial charge is 0.387 e. The second-order valence-corrected chi connectivity index (χ2v) is 5.04. The lowest BCUT2D eigenvalue weighted by molar-refractivity contribution is -0.0721. The van der Waals surface area contributed by atoms with Crippen LogP contribution < -0.4 is 5.73 Å². The van der Waals surface area contributed by atoms with E-state index >= 15 is 0 Å². The molecule has 1 heterocycles. The van der Waals surface area contributed by atoms with Crippen molar-refractivity contribution in [2.75, 3.05) is 20.1 Å². The van der Waals surface area contributed by atoms with E-state index in [4.69, 9.17) is 5.73 Å². The Bertz CT molecular complexity index is 184. The van der Waals surface area contributed by atoms with Crippen LogP contribution in [0, 0.1) is 5.92 Å². The average Bonchev–Trinajstić information content (AvgIpc) is 2.12. The van der Waals surface area contributed by atoms with E-state index in [1.165, 1.54) is 0 Å². The van der Waals surface area contributed by atoms with Crippen molar-refractivity contribution in [3.05, 3.63) is 0 Å². The van der Waals surface area contributed by atoms with Crippen LogP contribution in [-0.2, 0) is 0 Å². The lowest BCUT2D eigenvalue weighted by atomic mass is 9.80. The van der Waals surface area contributed by atoms with Gasteiger partial charge in [0, 0.05) is 12.6 Å². The zero-order valence-electron chi connectivity index (χ0n) is 9.66. The molecular weight excluding hydrogens is 176 g/mol. The van der Waals surface area contributed by atoms with E-state index in [9.17, 15) is 5.11 Å². The van der Waals surface area contributed by atoms with Crippen LogP contribution in [0.2, 0.25) is 0 Å². The maximum atomic E-state index is 10.4. The molecule has 3 nitrogen and oxygen atoms in total. The van der Waals surface area contributed by atoms with Gasteiger partial charge in [-0.05, 0) is 38.8 Å². The van der Waals surface area contributed by atoms with E-state index in [2.05, 4.69) is 25.8 Å². The van der Waals surface area contributed by atoms with Gasteiger partial charge in [0.15, 0.2) is 0 Å². The fourth-order valence-electron chi connectivity index (χ4n) is 2.45. The Balaban J connectivity index is 2.71. The van der Waals surface area contributed by atoms with E-state index in [0.29, 0.717) is 12.5 Å². The van der Waals surface area contributed by atoms with Crippen LogP contribution in [0.25, 0.3) is 0 Å². The molecule has 1 fully saturated rings. The third kappa shape index (κ3) is 2.47. The summed E-state index contributed by atoms with van der Waals surface area (Å²) in [5.41, 5.74) is 5.03. The minimum absolute atomic E-state index is 0.237. The summed E-state index contributed by atoms with van der Waals surface area (Å²) in [6.07, 6.45) is 2.94. The number of hydrogen-bond acceptors (Lipinski definition) is 3. The Labute approximate surface area is 87.3 Å². The molecule has 3 heteroatoms. The van der Waals surface area contributed by atoms with Gasteiger partial charge in [0.25, 0.3) is 0 Å². The van der Waals surface area contributed by atoms with Crippen LogP contribution in [0.15, 0.2) is 0 Å². The molecule has 2 unspecified atom stereocenters. The summed E-state index contributed by atoms with van der Waals surface area (Å²) < 4.78 is 0. The summed E-state index contributed by atoms with van der Waals surface area (Å²) in [5, 5.41) is 10.4. The minimum Gasteiger partial charge on any atom is -0.387 e. The number of aliphatic hydroxyl groups is 1. The highest BCUT2D eigenvalue weighted by molar-refractivity contribution is 4.96. The molecule has 0 aliphatic carbocycles. The first kappa shape index (κ1) is 12.0. The molecule has 1 saturated heterocycles. The van der Waals surface area contributed by atoms with Crippen molar-refractivity contribution in [3.63, 3.8) is 0 Å². The molecule has 0 amide bonds. The number of hydrogen-bond donors (Lipinski definition) is 2. The smallest absolute Gasteiger partial charge is 0.0924 e. The van der Waals surface area contributed by atoms with Gasteiger partial charge in [-0.1, -0.05) is 13.8 Å². The Kier molecular flexibility index (Phi) is 3.93. The Morgan fingerprint density at radius 3 is 2.71 bits per heavy atom. The van der Waals surface area contributed by atoms with E-state index in [1.54, 1.807) is 0 Å². The normalized spacial score (nSPS) is 35.1. The van der Waals surface area contributed by atoms with Gasteiger partial charge in [0.2, 0.25) is 0 Å². The number of nitrogens with two attached hydrogens (primary N) is 1. The fourth-order valence-corrected chi connectivity index (χ4v) is 2.45. The Morgan fingerprint density at radius 1 is 1.57 bits per heavy atom. The maximum Gasteiger partial charge on any atom is 0.0924 e. The third-order valence-corrected chi connectivity index (χ3v) is 3.32. The molecule has 0 saturated carbocycles. The molecule has 1 aliphatic rings. The van der Waals surface area contributed by atoms with Gasteiger partial charge >= 0.3 is 0 Å². The quantitative estimate of drug-likeness (QED) is 0.709. The van der Waals surface area contributed by atoms with Crippen LogP contribution >= 0.6 is 0 Å². The number of likely N-dealkylation sites (tertiary alicyclic amines) is 1. The first-order chi connectivity index (χ1) is 6.49. The molecule has 0 bridgehead atoms. The van der Waals surface area contributed by atoms with Crippen LogP contribution in [0.1, 0.15) is 33.1 Å². The van der Waals surface area contributed by atoms with Crippen molar-refractivity contribution >= 4 is 0 Å². The highest BCUT2D eigenvalue weighted by atomic mass is 16.3.